The summed E-state index contributed by atoms with van der Waals surface area (Å²) in [5.41, 5.74) is -2.24. The number of fused-ring (bicyclic) bond motifs is 5. The highest BCUT2D eigenvalue weighted by atomic mass is 32.3. The second-order valence-electron chi connectivity index (χ2n) is 16.8. The van der Waals surface area contributed by atoms with Gasteiger partial charge in [-0.05, 0) is 91.3 Å². The Kier molecular flexibility index (Phi) is 11.4. The van der Waals surface area contributed by atoms with Crippen LogP contribution in [0.5, 0.6) is 0 Å². The lowest BCUT2D eigenvalue weighted by Gasteiger charge is -2.65. The maximum absolute atomic E-state index is 12.6. The Hall–Kier alpha value is -0.490. The minimum atomic E-state index is -4.89. The summed E-state index contributed by atoms with van der Waals surface area (Å²) in [5, 5.41) is 77.6. The summed E-state index contributed by atoms with van der Waals surface area (Å²) in [6.45, 7) is 10.1. The molecule has 8 N–H and O–H groups in total. The van der Waals surface area contributed by atoms with Crippen molar-refractivity contribution in [3.8, 4) is 0 Å². The summed E-state index contributed by atoms with van der Waals surface area (Å²) in [5.74, 6) is -0.650. The van der Waals surface area contributed by atoms with E-state index in [1.165, 1.54) is 0 Å². The molecular formula is C34H60O13S. The van der Waals surface area contributed by atoms with Crippen molar-refractivity contribution >= 4 is 10.4 Å². The highest BCUT2D eigenvalue weighted by Gasteiger charge is 2.72. The zero-order valence-electron chi connectivity index (χ0n) is 29.0. The number of rotatable bonds is 12. The molecular weight excluding hydrogens is 648 g/mol. The number of hydrogen-bond acceptors (Lipinski definition) is 12. The van der Waals surface area contributed by atoms with Gasteiger partial charge in [0.15, 0.2) is 6.29 Å². The van der Waals surface area contributed by atoms with Gasteiger partial charge in [0.25, 0.3) is 0 Å². The Labute approximate surface area is 284 Å². The van der Waals surface area contributed by atoms with Gasteiger partial charge in [0.05, 0.1) is 43.2 Å². The average Bonchev–Trinajstić information content (AvgIpc) is 3.38. The summed E-state index contributed by atoms with van der Waals surface area (Å²) < 4.78 is 47.1. The number of ether oxygens (including phenoxy) is 2. The third-order valence-electron chi connectivity index (χ3n) is 13.9. The Balaban J connectivity index is 1.23. The molecule has 5 rings (SSSR count). The molecule has 0 spiro atoms. The summed E-state index contributed by atoms with van der Waals surface area (Å²) in [6, 6.07) is 0. The summed E-state index contributed by atoms with van der Waals surface area (Å²) in [6.07, 6.45) is -3.31. The van der Waals surface area contributed by atoms with E-state index in [0.29, 0.717) is 25.7 Å². The van der Waals surface area contributed by atoms with Crippen LogP contribution in [-0.4, -0.2) is 117 Å². The molecule has 17 atom stereocenters. The largest absolute Gasteiger partial charge is 0.397 e. The van der Waals surface area contributed by atoms with Crippen LogP contribution in [0.1, 0.15) is 92.4 Å². The fourth-order valence-electron chi connectivity index (χ4n) is 11.6. The van der Waals surface area contributed by atoms with Gasteiger partial charge in [0.1, 0.15) is 18.3 Å². The molecule has 0 amide bonds. The van der Waals surface area contributed by atoms with Crippen molar-refractivity contribution in [2.24, 2.45) is 52.3 Å². The molecule has 48 heavy (non-hydrogen) atoms. The van der Waals surface area contributed by atoms with Crippen molar-refractivity contribution in [1.82, 2.24) is 0 Å². The lowest BCUT2D eigenvalue weighted by Crippen LogP contribution is -2.68. The van der Waals surface area contributed by atoms with Gasteiger partial charge >= 0.3 is 10.4 Å². The molecule has 0 aromatic carbocycles. The first-order valence-electron chi connectivity index (χ1n) is 17.9. The van der Waals surface area contributed by atoms with Gasteiger partial charge in [-0.3, -0.25) is 4.55 Å². The lowest BCUT2D eigenvalue weighted by atomic mass is 9.42. The van der Waals surface area contributed by atoms with Crippen LogP contribution in [0, 0.1) is 52.3 Å². The van der Waals surface area contributed by atoms with Crippen LogP contribution in [0.15, 0.2) is 0 Å². The lowest BCUT2D eigenvalue weighted by molar-refractivity contribution is -0.264. The Morgan fingerprint density at radius 3 is 2.21 bits per heavy atom. The van der Waals surface area contributed by atoms with Gasteiger partial charge < -0.3 is 45.2 Å². The average molecular weight is 709 g/mol. The fourth-order valence-corrected chi connectivity index (χ4v) is 12.1. The summed E-state index contributed by atoms with van der Waals surface area (Å²) >= 11 is 0. The predicted molar refractivity (Wildman–Crippen MR) is 172 cm³/mol. The first kappa shape index (κ1) is 38.7. The maximum atomic E-state index is 12.6. The van der Waals surface area contributed by atoms with Crippen LogP contribution in [0.25, 0.3) is 0 Å². The Bertz CT molecular complexity index is 1220. The van der Waals surface area contributed by atoms with Crippen molar-refractivity contribution in [1.29, 1.82) is 0 Å². The summed E-state index contributed by atoms with van der Waals surface area (Å²) in [4.78, 5) is 0. The molecule has 0 aromatic rings. The second kappa shape index (κ2) is 14.1. The van der Waals surface area contributed by atoms with Crippen LogP contribution in [0.2, 0.25) is 0 Å². The van der Waals surface area contributed by atoms with Crippen molar-refractivity contribution in [2.75, 3.05) is 13.2 Å². The first-order valence-corrected chi connectivity index (χ1v) is 19.3. The van der Waals surface area contributed by atoms with Crippen LogP contribution in [0.3, 0.4) is 0 Å². The van der Waals surface area contributed by atoms with Crippen LogP contribution in [-0.2, 0) is 24.1 Å². The third-order valence-corrected chi connectivity index (χ3v) is 14.3. The second-order valence-corrected chi connectivity index (χ2v) is 17.9. The van der Waals surface area contributed by atoms with Crippen LogP contribution >= 0.6 is 0 Å². The molecule has 13 nitrogen and oxygen atoms in total. The van der Waals surface area contributed by atoms with Gasteiger partial charge in [-0.25, -0.2) is 4.18 Å². The quantitative estimate of drug-likeness (QED) is 0.134. The molecule has 1 aliphatic heterocycles. The molecule has 280 valence electrons. The van der Waals surface area contributed by atoms with Crippen molar-refractivity contribution < 1.29 is 62.4 Å². The van der Waals surface area contributed by atoms with E-state index < -0.39 is 83.0 Å². The van der Waals surface area contributed by atoms with E-state index in [1.54, 1.807) is 0 Å². The zero-order valence-corrected chi connectivity index (χ0v) is 29.8. The number of hydrogen-bond donors (Lipinski definition) is 8. The topological polar surface area (TPSA) is 224 Å². The Morgan fingerprint density at radius 2 is 1.58 bits per heavy atom. The van der Waals surface area contributed by atoms with Crippen molar-refractivity contribution in [3.63, 3.8) is 0 Å². The van der Waals surface area contributed by atoms with Gasteiger partial charge in [0.2, 0.25) is 0 Å². The molecule has 5 aliphatic rings. The van der Waals surface area contributed by atoms with E-state index in [1.807, 2.05) is 0 Å². The SMILES string of the molecule is CC(C)[C@@H](CCO[C@@H]1O[C@@H](CO)[C@H](OS(=O)(=O)O)[C@H]1O)CC[C@@H](C)[C@H]1[C@@H](O)[C@H](O)[C@@H]2[C@]1(C)CC[C@@H]1[C@@]3(C)CC[C@H](O)C[C@@H]3[C@@H](O)C[C@]12O. The predicted octanol–water partition coefficient (Wildman–Crippen LogP) is 1.39. The monoisotopic (exact) mass is 708 g/mol. The minimum absolute atomic E-state index is 0.0114. The van der Waals surface area contributed by atoms with Gasteiger partial charge in [-0.2, -0.15) is 8.42 Å². The standard InChI is InChI=1S/C34H60O13S/c1-17(2)19(10-13-45-31-28(40)29(23(16-35)46-31)47-48(42,43)44)7-6-18(3)25-26(38)27(39)30-33(25,5)12-9-24-32(4)11-8-20(36)14-21(32)22(37)15-34(24,30)41/h17-31,35-41H,6-16H2,1-5H3,(H,42,43,44)/t18-,19-,20+,21-,22+,23+,24-,25+,26-,27+,28-,29+,30-,31-,32+,33-,34+/m1/s1. The molecule has 4 saturated carbocycles. The molecule has 0 aromatic heterocycles. The normalized spacial score (nSPS) is 49.0. The molecule has 14 heteroatoms. The summed E-state index contributed by atoms with van der Waals surface area (Å²) in [7, 11) is -4.89. The molecule has 1 heterocycles. The maximum Gasteiger partial charge on any atom is 0.397 e. The van der Waals surface area contributed by atoms with Crippen LogP contribution < -0.4 is 0 Å². The molecule has 1 saturated heterocycles. The zero-order chi connectivity index (χ0) is 35.6. The van der Waals surface area contributed by atoms with Gasteiger partial charge in [-0.15, -0.1) is 0 Å². The van der Waals surface area contributed by atoms with E-state index in [-0.39, 0.29) is 54.0 Å². The highest BCUT2D eigenvalue weighted by molar-refractivity contribution is 7.80. The third kappa shape index (κ3) is 6.88. The molecule has 0 radical (unpaired) electrons. The van der Waals surface area contributed by atoms with Gasteiger partial charge in [0, 0.05) is 12.3 Å². The number of aliphatic hydroxyl groups is 7. The van der Waals surface area contributed by atoms with E-state index in [0.717, 1.165) is 25.7 Å². The van der Waals surface area contributed by atoms with Gasteiger partial charge in [-0.1, -0.05) is 41.0 Å². The van der Waals surface area contributed by atoms with E-state index in [9.17, 15) is 44.2 Å². The molecule has 4 aliphatic carbocycles. The van der Waals surface area contributed by atoms with Crippen LogP contribution in [0.4, 0.5) is 0 Å². The molecule has 5 fully saturated rings. The number of aliphatic hydroxyl groups excluding tert-OH is 6. The van der Waals surface area contributed by atoms with E-state index >= 15 is 0 Å². The first-order chi connectivity index (χ1) is 22.3. The van der Waals surface area contributed by atoms with E-state index in [2.05, 4.69) is 38.8 Å². The Morgan fingerprint density at radius 1 is 0.917 bits per heavy atom. The molecule has 0 bridgehead atoms. The van der Waals surface area contributed by atoms with Crippen molar-refractivity contribution in [2.45, 2.75) is 147 Å². The smallest absolute Gasteiger partial charge is 0.394 e. The highest BCUT2D eigenvalue weighted by Crippen LogP contribution is 2.69. The minimum Gasteiger partial charge on any atom is -0.394 e. The van der Waals surface area contributed by atoms with Crippen molar-refractivity contribution in [3.05, 3.63) is 0 Å². The fraction of sp³-hybridized carbons (Fsp3) is 1.00. The molecule has 0 unspecified atom stereocenters. The van der Waals surface area contributed by atoms with E-state index in [4.69, 9.17) is 14.0 Å².